The number of hydrogen-bond donors (Lipinski definition) is 1. The van der Waals surface area contributed by atoms with Gasteiger partial charge in [0.2, 0.25) is 0 Å². The van der Waals surface area contributed by atoms with Crippen LogP contribution in [0.15, 0.2) is 48.8 Å². The Hall–Kier alpha value is -2.17. The second-order valence-electron chi connectivity index (χ2n) is 4.33. The molecule has 0 unspecified atom stereocenters. The molecule has 0 saturated heterocycles. The number of carbonyl (C=O) groups excluding carboxylic acids is 1. The number of benzene rings is 1. The third-order valence-corrected chi connectivity index (χ3v) is 3.56. The van der Waals surface area contributed by atoms with Crippen LogP contribution in [0.2, 0.25) is 10.2 Å². The maximum Gasteiger partial charge on any atom is 0.274 e. The zero-order valence-corrected chi connectivity index (χ0v) is 12.2. The molecule has 3 aromatic rings. The van der Waals surface area contributed by atoms with Crippen molar-refractivity contribution in [2.24, 2.45) is 0 Å². The smallest absolute Gasteiger partial charge is 0.274 e. The number of fused-ring (bicyclic) bond motifs is 1. The first kappa shape index (κ1) is 13.8. The molecule has 21 heavy (non-hydrogen) atoms. The fraction of sp³-hybridized carbons (Fsp3) is 0. The van der Waals surface area contributed by atoms with Gasteiger partial charge in [-0.2, -0.15) is 0 Å². The highest BCUT2D eigenvalue weighted by Crippen LogP contribution is 2.24. The maximum atomic E-state index is 12.2. The molecule has 4 nitrogen and oxygen atoms in total. The first-order valence-electron chi connectivity index (χ1n) is 6.11. The van der Waals surface area contributed by atoms with E-state index in [0.717, 1.165) is 10.8 Å². The van der Waals surface area contributed by atoms with Crippen LogP contribution in [-0.2, 0) is 0 Å². The molecule has 0 fully saturated rings. The number of amides is 1. The van der Waals surface area contributed by atoms with Gasteiger partial charge in [0.05, 0.1) is 16.9 Å². The van der Waals surface area contributed by atoms with Crippen molar-refractivity contribution in [2.75, 3.05) is 5.32 Å². The van der Waals surface area contributed by atoms with Gasteiger partial charge in [-0.05, 0) is 17.5 Å². The molecule has 2 heterocycles. The zero-order chi connectivity index (χ0) is 14.8. The van der Waals surface area contributed by atoms with Crippen LogP contribution in [0.5, 0.6) is 0 Å². The van der Waals surface area contributed by atoms with E-state index < -0.39 is 5.91 Å². The fourth-order valence-electron chi connectivity index (χ4n) is 1.93. The molecular formula is C15H9Cl2N3O. The molecule has 0 bridgehead atoms. The Morgan fingerprint density at radius 1 is 1.14 bits per heavy atom. The van der Waals surface area contributed by atoms with Crippen molar-refractivity contribution in [1.82, 2.24) is 9.97 Å². The monoisotopic (exact) mass is 317 g/mol. The Morgan fingerprint density at radius 2 is 1.95 bits per heavy atom. The average molecular weight is 318 g/mol. The summed E-state index contributed by atoms with van der Waals surface area (Å²) < 4.78 is 0. The summed E-state index contributed by atoms with van der Waals surface area (Å²) in [6.45, 7) is 0. The molecule has 3 rings (SSSR count). The van der Waals surface area contributed by atoms with Gasteiger partial charge in [-0.3, -0.25) is 9.78 Å². The minimum atomic E-state index is -0.391. The Bertz CT molecular complexity index is 836. The molecule has 0 aliphatic heterocycles. The fourth-order valence-corrected chi connectivity index (χ4v) is 2.34. The molecule has 1 amide bonds. The zero-order valence-electron chi connectivity index (χ0n) is 10.7. The number of halogens is 2. The lowest BCUT2D eigenvalue weighted by Crippen LogP contribution is -2.14. The quantitative estimate of drug-likeness (QED) is 0.721. The standard InChI is InChI=1S/C15H9Cl2N3O/c16-11-5-6-18-8-13(11)20-15(21)12-7-9-3-1-2-4-10(9)14(17)19-12/h1-8H,(H,20,21). The highest BCUT2D eigenvalue weighted by atomic mass is 35.5. The molecule has 1 aromatic carbocycles. The van der Waals surface area contributed by atoms with Crippen molar-refractivity contribution in [3.05, 3.63) is 64.7 Å². The molecule has 2 aromatic heterocycles. The van der Waals surface area contributed by atoms with E-state index in [-0.39, 0.29) is 10.8 Å². The summed E-state index contributed by atoms with van der Waals surface area (Å²) in [5.74, 6) is -0.391. The van der Waals surface area contributed by atoms with Gasteiger partial charge in [-0.1, -0.05) is 47.5 Å². The van der Waals surface area contributed by atoms with Crippen LogP contribution in [0, 0.1) is 0 Å². The highest BCUT2D eigenvalue weighted by Gasteiger charge is 2.12. The minimum Gasteiger partial charge on any atom is -0.318 e. The lowest BCUT2D eigenvalue weighted by Gasteiger charge is -2.07. The van der Waals surface area contributed by atoms with Gasteiger partial charge in [-0.25, -0.2) is 4.98 Å². The topological polar surface area (TPSA) is 54.9 Å². The third-order valence-electron chi connectivity index (χ3n) is 2.94. The molecule has 104 valence electrons. The van der Waals surface area contributed by atoms with Crippen LogP contribution in [0.25, 0.3) is 10.8 Å². The largest absolute Gasteiger partial charge is 0.318 e. The summed E-state index contributed by atoms with van der Waals surface area (Å²) in [4.78, 5) is 20.3. The van der Waals surface area contributed by atoms with E-state index in [1.807, 2.05) is 24.3 Å². The first-order valence-corrected chi connectivity index (χ1v) is 6.87. The summed E-state index contributed by atoms with van der Waals surface area (Å²) in [6, 6.07) is 10.7. The van der Waals surface area contributed by atoms with Gasteiger partial charge in [0.1, 0.15) is 10.8 Å². The van der Waals surface area contributed by atoms with Crippen molar-refractivity contribution < 1.29 is 4.79 Å². The van der Waals surface area contributed by atoms with Crippen molar-refractivity contribution >= 4 is 45.6 Å². The molecule has 1 N–H and O–H groups in total. The lowest BCUT2D eigenvalue weighted by molar-refractivity contribution is 0.102. The van der Waals surface area contributed by atoms with Crippen molar-refractivity contribution in [2.45, 2.75) is 0 Å². The molecule has 0 atom stereocenters. The summed E-state index contributed by atoms with van der Waals surface area (Å²) in [5, 5.41) is 5.01. The van der Waals surface area contributed by atoms with Gasteiger partial charge in [-0.15, -0.1) is 0 Å². The number of nitrogens with zero attached hydrogens (tertiary/aromatic N) is 2. The molecule has 0 spiro atoms. The van der Waals surface area contributed by atoms with E-state index in [9.17, 15) is 4.79 Å². The van der Waals surface area contributed by atoms with Crippen molar-refractivity contribution in [3.63, 3.8) is 0 Å². The third kappa shape index (κ3) is 2.82. The Labute approximate surface area is 130 Å². The molecule has 0 aliphatic carbocycles. The number of anilines is 1. The number of rotatable bonds is 2. The van der Waals surface area contributed by atoms with E-state index in [0.29, 0.717) is 10.7 Å². The van der Waals surface area contributed by atoms with Crippen LogP contribution in [0.4, 0.5) is 5.69 Å². The van der Waals surface area contributed by atoms with Gasteiger partial charge in [0, 0.05) is 11.6 Å². The predicted octanol–water partition coefficient (Wildman–Crippen LogP) is 4.19. The number of aromatic nitrogens is 2. The number of pyridine rings is 2. The van der Waals surface area contributed by atoms with Crippen LogP contribution < -0.4 is 5.32 Å². The molecule has 0 radical (unpaired) electrons. The second-order valence-corrected chi connectivity index (χ2v) is 5.09. The van der Waals surface area contributed by atoms with E-state index in [4.69, 9.17) is 23.2 Å². The van der Waals surface area contributed by atoms with Gasteiger partial charge >= 0.3 is 0 Å². The predicted molar refractivity (Wildman–Crippen MR) is 84.0 cm³/mol. The highest BCUT2D eigenvalue weighted by molar-refractivity contribution is 6.35. The molecule has 0 saturated carbocycles. The summed E-state index contributed by atoms with van der Waals surface area (Å²) >= 11 is 12.1. The summed E-state index contributed by atoms with van der Waals surface area (Å²) in [6.07, 6.45) is 3.02. The first-order chi connectivity index (χ1) is 10.1. The van der Waals surface area contributed by atoms with Crippen LogP contribution in [0.1, 0.15) is 10.5 Å². The van der Waals surface area contributed by atoms with Crippen molar-refractivity contribution in [3.8, 4) is 0 Å². The van der Waals surface area contributed by atoms with Gasteiger partial charge < -0.3 is 5.32 Å². The molecule has 0 aliphatic rings. The Balaban J connectivity index is 1.97. The van der Waals surface area contributed by atoms with Crippen LogP contribution in [0.3, 0.4) is 0 Å². The van der Waals surface area contributed by atoms with Gasteiger partial charge in [0.25, 0.3) is 5.91 Å². The van der Waals surface area contributed by atoms with E-state index in [1.54, 1.807) is 18.3 Å². The Morgan fingerprint density at radius 3 is 2.76 bits per heavy atom. The van der Waals surface area contributed by atoms with E-state index >= 15 is 0 Å². The minimum absolute atomic E-state index is 0.221. The SMILES string of the molecule is O=C(Nc1cnccc1Cl)c1cc2ccccc2c(Cl)n1. The molecule has 6 heteroatoms. The summed E-state index contributed by atoms with van der Waals surface area (Å²) in [5.41, 5.74) is 0.647. The molecular weight excluding hydrogens is 309 g/mol. The normalized spacial score (nSPS) is 10.6. The van der Waals surface area contributed by atoms with Crippen LogP contribution in [-0.4, -0.2) is 15.9 Å². The average Bonchev–Trinajstić information content (AvgIpc) is 2.49. The van der Waals surface area contributed by atoms with Crippen LogP contribution >= 0.6 is 23.2 Å². The second kappa shape index (κ2) is 5.68. The Kier molecular flexibility index (Phi) is 3.73. The lowest BCUT2D eigenvalue weighted by atomic mass is 10.1. The summed E-state index contributed by atoms with van der Waals surface area (Å²) in [7, 11) is 0. The maximum absolute atomic E-state index is 12.2. The van der Waals surface area contributed by atoms with Crippen molar-refractivity contribution in [1.29, 1.82) is 0 Å². The number of nitrogens with one attached hydrogen (secondary N) is 1. The van der Waals surface area contributed by atoms with E-state index in [2.05, 4.69) is 15.3 Å². The van der Waals surface area contributed by atoms with Gasteiger partial charge in [0.15, 0.2) is 0 Å². The number of hydrogen-bond acceptors (Lipinski definition) is 3. The van der Waals surface area contributed by atoms with E-state index in [1.165, 1.54) is 6.20 Å². The number of carbonyl (C=O) groups is 1.